The van der Waals surface area contributed by atoms with Gasteiger partial charge < -0.3 is 9.30 Å². The molecule has 8 heteroatoms. The summed E-state index contributed by atoms with van der Waals surface area (Å²) in [7, 11) is 3.26. The molecule has 5 nitrogen and oxygen atoms in total. The molecule has 186 valence electrons. The molecule has 36 heavy (non-hydrogen) atoms. The van der Waals surface area contributed by atoms with Gasteiger partial charge in [0.25, 0.3) is 0 Å². The zero-order valence-electron chi connectivity index (χ0n) is 20.0. The maximum atomic E-state index is 15.6. The number of benzene rings is 2. The number of aromatic nitrogens is 3. The van der Waals surface area contributed by atoms with Crippen LogP contribution in [0.25, 0.3) is 28.2 Å². The van der Waals surface area contributed by atoms with Gasteiger partial charge >= 0.3 is 0 Å². The number of hydrogen-bond donors (Lipinski definition) is 0. The standard InChI is InChI=1S/C28H26F3N3O2/c1-33-14-13-21(26(33)20-7-4-3-5-8-20)25-27(35)23(36-2)17-34(32-25)22-10-6-9-19(24(22)29)12-11-18-15-28(30,31)16-18/h3-10,13-14,17-18H,11-12,15-16H2,1-2H3. The van der Waals surface area contributed by atoms with E-state index in [1.165, 1.54) is 18.0 Å². The Balaban J connectivity index is 1.55. The van der Waals surface area contributed by atoms with Gasteiger partial charge in [0.15, 0.2) is 11.6 Å². The van der Waals surface area contributed by atoms with E-state index in [9.17, 15) is 13.6 Å². The lowest BCUT2D eigenvalue weighted by Gasteiger charge is -2.35. The molecule has 5 rings (SSSR count). The summed E-state index contributed by atoms with van der Waals surface area (Å²) in [5.74, 6) is -3.16. The van der Waals surface area contributed by atoms with E-state index in [-0.39, 0.29) is 35.9 Å². The number of aryl methyl sites for hydroxylation is 2. The summed E-state index contributed by atoms with van der Waals surface area (Å²) in [4.78, 5) is 13.2. The fraction of sp³-hybridized carbons (Fsp3) is 0.286. The highest BCUT2D eigenvalue weighted by molar-refractivity contribution is 5.80. The number of alkyl halides is 2. The lowest BCUT2D eigenvalue weighted by Crippen LogP contribution is -2.35. The third-order valence-corrected chi connectivity index (χ3v) is 6.78. The Labute approximate surface area is 206 Å². The minimum Gasteiger partial charge on any atom is -0.491 e. The number of hydrogen-bond acceptors (Lipinski definition) is 3. The summed E-state index contributed by atoms with van der Waals surface area (Å²) in [5, 5.41) is 4.54. The predicted octanol–water partition coefficient (Wildman–Crippen LogP) is 6.03. The summed E-state index contributed by atoms with van der Waals surface area (Å²) in [5.41, 5.74) is 2.62. The third kappa shape index (κ3) is 4.43. The maximum absolute atomic E-state index is 15.6. The van der Waals surface area contributed by atoms with Crippen molar-refractivity contribution >= 4 is 0 Å². The largest absolute Gasteiger partial charge is 0.491 e. The van der Waals surface area contributed by atoms with Gasteiger partial charge in [0.2, 0.25) is 11.4 Å². The first-order chi connectivity index (χ1) is 17.3. The molecule has 1 aliphatic carbocycles. The van der Waals surface area contributed by atoms with Gasteiger partial charge in [-0.05, 0) is 42.0 Å². The molecule has 0 amide bonds. The van der Waals surface area contributed by atoms with E-state index in [0.29, 0.717) is 24.0 Å². The molecule has 1 saturated carbocycles. The van der Waals surface area contributed by atoms with E-state index in [1.54, 1.807) is 24.3 Å². The molecule has 0 saturated heterocycles. The minimum atomic E-state index is -2.59. The highest BCUT2D eigenvalue weighted by Gasteiger charge is 2.44. The van der Waals surface area contributed by atoms with Crippen LogP contribution in [-0.4, -0.2) is 27.4 Å². The van der Waals surface area contributed by atoms with E-state index in [2.05, 4.69) is 5.10 Å². The van der Waals surface area contributed by atoms with Crippen molar-refractivity contribution in [2.45, 2.75) is 31.6 Å². The van der Waals surface area contributed by atoms with Gasteiger partial charge in [-0.3, -0.25) is 4.79 Å². The van der Waals surface area contributed by atoms with Crippen LogP contribution in [-0.2, 0) is 13.5 Å². The Morgan fingerprint density at radius 1 is 1.08 bits per heavy atom. The lowest BCUT2D eigenvalue weighted by atomic mass is 9.78. The molecule has 1 fully saturated rings. The number of nitrogens with zero attached hydrogens (tertiary/aromatic N) is 3. The Kier molecular flexibility index (Phi) is 6.20. The minimum absolute atomic E-state index is 0.0318. The molecule has 2 aromatic carbocycles. The van der Waals surface area contributed by atoms with Gasteiger partial charge in [-0.25, -0.2) is 17.9 Å². The van der Waals surface area contributed by atoms with E-state index >= 15 is 4.39 Å². The smallest absolute Gasteiger partial charge is 0.249 e. The summed E-state index contributed by atoms with van der Waals surface area (Å²) < 4.78 is 50.5. The van der Waals surface area contributed by atoms with Crippen molar-refractivity contribution in [1.29, 1.82) is 0 Å². The van der Waals surface area contributed by atoms with Crippen LogP contribution in [0.4, 0.5) is 13.2 Å². The summed E-state index contributed by atoms with van der Waals surface area (Å²) >= 11 is 0. The molecule has 0 unspecified atom stereocenters. The Morgan fingerprint density at radius 2 is 1.83 bits per heavy atom. The normalized spacial score (nSPS) is 15.0. The van der Waals surface area contributed by atoms with Crippen molar-refractivity contribution in [1.82, 2.24) is 14.3 Å². The van der Waals surface area contributed by atoms with E-state index < -0.39 is 17.2 Å². The monoisotopic (exact) mass is 493 g/mol. The van der Waals surface area contributed by atoms with Gasteiger partial charge in [-0.1, -0.05) is 42.5 Å². The van der Waals surface area contributed by atoms with Crippen molar-refractivity contribution in [2.75, 3.05) is 7.11 Å². The van der Waals surface area contributed by atoms with E-state index in [1.807, 2.05) is 48.1 Å². The molecule has 2 aromatic heterocycles. The lowest BCUT2D eigenvalue weighted by molar-refractivity contribution is -0.111. The SMILES string of the molecule is COc1cn(-c2cccc(CCC3CC(F)(F)C3)c2F)nc(-c2ccn(C)c2-c2ccccc2)c1=O. The summed E-state index contributed by atoms with van der Waals surface area (Å²) in [6.45, 7) is 0. The van der Waals surface area contributed by atoms with Crippen LogP contribution in [0.5, 0.6) is 5.75 Å². The second-order valence-electron chi connectivity index (χ2n) is 9.29. The Bertz CT molecular complexity index is 1450. The number of ether oxygens (including phenoxy) is 1. The number of rotatable bonds is 7. The van der Waals surface area contributed by atoms with Gasteiger partial charge in [0.05, 0.1) is 19.0 Å². The molecule has 0 bridgehead atoms. The zero-order valence-corrected chi connectivity index (χ0v) is 20.0. The first-order valence-electron chi connectivity index (χ1n) is 11.8. The average Bonchev–Trinajstić information content (AvgIpc) is 3.24. The Hall–Kier alpha value is -3.81. The third-order valence-electron chi connectivity index (χ3n) is 6.78. The van der Waals surface area contributed by atoms with Crippen LogP contribution in [0.3, 0.4) is 0 Å². The highest BCUT2D eigenvalue weighted by Crippen LogP contribution is 2.44. The molecule has 0 spiro atoms. The van der Waals surface area contributed by atoms with Crippen molar-refractivity contribution < 1.29 is 17.9 Å². The molecule has 0 radical (unpaired) electrons. The fourth-order valence-corrected chi connectivity index (χ4v) is 4.87. The molecular weight excluding hydrogens is 467 g/mol. The van der Waals surface area contributed by atoms with Crippen LogP contribution in [0.15, 0.2) is 71.8 Å². The molecule has 0 N–H and O–H groups in total. The fourth-order valence-electron chi connectivity index (χ4n) is 4.87. The molecule has 0 atom stereocenters. The predicted molar refractivity (Wildman–Crippen MR) is 132 cm³/mol. The van der Waals surface area contributed by atoms with Gasteiger partial charge in [-0.15, -0.1) is 0 Å². The van der Waals surface area contributed by atoms with Crippen molar-refractivity contribution in [3.05, 3.63) is 88.6 Å². The highest BCUT2D eigenvalue weighted by atomic mass is 19.3. The molecule has 0 aliphatic heterocycles. The van der Waals surface area contributed by atoms with Crippen LogP contribution in [0.2, 0.25) is 0 Å². The van der Waals surface area contributed by atoms with E-state index in [4.69, 9.17) is 4.74 Å². The molecule has 4 aromatic rings. The maximum Gasteiger partial charge on any atom is 0.249 e. The van der Waals surface area contributed by atoms with Gasteiger partial charge in [0.1, 0.15) is 11.4 Å². The summed E-state index contributed by atoms with van der Waals surface area (Å²) in [6, 6.07) is 16.3. The quantitative estimate of drug-likeness (QED) is 0.316. The van der Waals surface area contributed by atoms with Crippen LogP contribution >= 0.6 is 0 Å². The number of halogens is 3. The van der Waals surface area contributed by atoms with Crippen LogP contribution in [0.1, 0.15) is 24.8 Å². The molecule has 2 heterocycles. The van der Waals surface area contributed by atoms with E-state index in [0.717, 1.165) is 11.3 Å². The number of methoxy groups -OCH3 is 1. The molecular formula is C28H26F3N3O2. The molecule has 1 aliphatic rings. The first-order valence-corrected chi connectivity index (χ1v) is 11.8. The van der Waals surface area contributed by atoms with Crippen molar-refractivity contribution in [2.24, 2.45) is 13.0 Å². The van der Waals surface area contributed by atoms with Crippen LogP contribution in [0, 0.1) is 11.7 Å². The average molecular weight is 494 g/mol. The van der Waals surface area contributed by atoms with Gasteiger partial charge in [-0.2, -0.15) is 5.10 Å². The van der Waals surface area contributed by atoms with Gasteiger partial charge in [0, 0.05) is 31.6 Å². The second kappa shape index (κ2) is 9.33. The summed E-state index contributed by atoms with van der Waals surface area (Å²) in [6.07, 6.45) is 3.77. The van der Waals surface area contributed by atoms with Crippen molar-refractivity contribution in [3.63, 3.8) is 0 Å². The zero-order chi connectivity index (χ0) is 25.4. The second-order valence-corrected chi connectivity index (χ2v) is 9.29. The Morgan fingerprint density at radius 3 is 2.53 bits per heavy atom. The first kappa shape index (κ1) is 23.9. The van der Waals surface area contributed by atoms with Crippen LogP contribution < -0.4 is 10.2 Å². The van der Waals surface area contributed by atoms with Crippen molar-refractivity contribution in [3.8, 4) is 34.0 Å². The topological polar surface area (TPSA) is 49.0 Å².